The Morgan fingerprint density at radius 3 is 2.94 bits per heavy atom. The van der Waals surface area contributed by atoms with Crippen molar-refractivity contribution in [2.45, 2.75) is 23.7 Å². The maximum atomic E-state index is 12.2. The summed E-state index contributed by atoms with van der Waals surface area (Å²) in [5.74, 6) is -0.0477. The zero-order chi connectivity index (χ0) is 11.8. The molecular formula is C12H11N3OS. The molecule has 4 nitrogen and oxygen atoms in total. The third-order valence-corrected chi connectivity index (χ3v) is 3.86. The number of carbonyl (C=O) groups excluding carboxylic acids is 1. The molecule has 3 rings (SSSR count). The van der Waals surface area contributed by atoms with Gasteiger partial charge in [0.25, 0.3) is 0 Å². The molecule has 1 aliphatic heterocycles. The first-order valence-electron chi connectivity index (χ1n) is 5.45. The average Bonchev–Trinajstić information content (AvgIpc) is 2.88. The number of ketones is 1. The summed E-state index contributed by atoms with van der Waals surface area (Å²) in [7, 11) is 0. The van der Waals surface area contributed by atoms with Crippen LogP contribution in [0.4, 0.5) is 0 Å². The van der Waals surface area contributed by atoms with E-state index in [1.807, 2.05) is 22.9 Å². The number of carbonyl (C=O) groups is 1. The molecule has 1 aromatic heterocycles. The van der Waals surface area contributed by atoms with E-state index >= 15 is 0 Å². The Bertz CT molecular complexity index is 564. The second kappa shape index (κ2) is 4.00. The Labute approximate surface area is 103 Å². The third-order valence-electron chi connectivity index (χ3n) is 2.68. The van der Waals surface area contributed by atoms with Crippen molar-refractivity contribution in [2.24, 2.45) is 0 Å². The quantitative estimate of drug-likeness (QED) is 0.759. The smallest absolute Gasteiger partial charge is 0.216 e. The van der Waals surface area contributed by atoms with Crippen LogP contribution in [-0.2, 0) is 6.54 Å². The van der Waals surface area contributed by atoms with Gasteiger partial charge in [-0.2, -0.15) is 0 Å². The fraction of sp³-hybridized carbons (Fsp3) is 0.250. The summed E-state index contributed by atoms with van der Waals surface area (Å²) in [4.78, 5) is 12.2. The molecule has 0 saturated heterocycles. The van der Waals surface area contributed by atoms with Crippen LogP contribution in [0.15, 0.2) is 35.4 Å². The maximum Gasteiger partial charge on any atom is 0.216 e. The minimum absolute atomic E-state index is 0.0477. The summed E-state index contributed by atoms with van der Waals surface area (Å²) >= 11 is 1.66. The first kappa shape index (κ1) is 10.5. The monoisotopic (exact) mass is 245 g/mol. The average molecular weight is 245 g/mol. The van der Waals surface area contributed by atoms with E-state index in [0.29, 0.717) is 16.5 Å². The highest BCUT2D eigenvalue weighted by molar-refractivity contribution is 8.00. The van der Waals surface area contributed by atoms with Crippen LogP contribution in [0.3, 0.4) is 0 Å². The maximum absolute atomic E-state index is 12.2. The van der Waals surface area contributed by atoms with E-state index in [1.54, 1.807) is 23.9 Å². The molecule has 5 heteroatoms. The number of aromatic nitrogens is 3. The van der Waals surface area contributed by atoms with Gasteiger partial charge in [0.2, 0.25) is 5.78 Å². The number of hydrogen-bond donors (Lipinski definition) is 0. The lowest BCUT2D eigenvalue weighted by atomic mass is 10.1. The van der Waals surface area contributed by atoms with Crippen LogP contribution >= 0.6 is 11.8 Å². The van der Waals surface area contributed by atoms with E-state index in [9.17, 15) is 4.79 Å². The highest BCUT2D eigenvalue weighted by atomic mass is 32.2. The summed E-state index contributed by atoms with van der Waals surface area (Å²) in [5.41, 5.74) is 1.14. The second-order valence-electron chi connectivity index (χ2n) is 4.05. The molecule has 2 heterocycles. The number of rotatable bonds is 2. The predicted octanol–water partition coefficient (Wildman–Crippen LogP) is 2.00. The molecule has 1 aliphatic rings. The number of benzene rings is 1. The van der Waals surface area contributed by atoms with Gasteiger partial charge in [0, 0.05) is 10.8 Å². The fourth-order valence-corrected chi connectivity index (χ4v) is 2.96. The summed E-state index contributed by atoms with van der Waals surface area (Å²) in [6.07, 6.45) is 0. The topological polar surface area (TPSA) is 47.8 Å². The minimum Gasteiger partial charge on any atom is -0.287 e. The van der Waals surface area contributed by atoms with Crippen LogP contribution in [0.25, 0.3) is 0 Å². The van der Waals surface area contributed by atoms with E-state index in [-0.39, 0.29) is 5.78 Å². The van der Waals surface area contributed by atoms with Crippen LogP contribution in [-0.4, -0.2) is 26.0 Å². The number of hydrogen-bond acceptors (Lipinski definition) is 4. The van der Waals surface area contributed by atoms with E-state index in [1.165, 1.54) is 0 Å². The molecule has 1 unspecified atom stereocenters. The van der Waals surface area contributed by atoms with Gasteiger partial charge >= 0.3 is 0 Å². The summed E-state index contributed by atoms with van der Waals surface area (Å²) < 4.78 is 1.81. The Balaban J connectivity index is 1.99. The van der Waals surface area contributed by atoms with Gasteiger partial charge in [0.15, 0.2) is 5.69 Å². The molecule has 2 aromatic rings. The third kappa shape index (κ3) is 1.76. The van der Waals surface area contributed by atoms with Gasteiger partial charge in [-0.3, -0.25) is 4.79 Å². The van der Waals surface area contributed by atoms with Gasteiger partial charge in [-0.1, -0.05) is 54.2 Å². The van der Waals surface area contributed by atoms with Crippen molar-refractivity contribution < 1.29 is 4.79 Å². The second-order valence-corrected chi connectivity index (χ2v) is 5.48. The van der Waals surface area contributed by atoms with Gasteiger partial charge in [-0.25, -0.2) is 4.68 Å². The summed E-state index contributed by atoms with van der Waals surface area (Å²) in [6.45, 7) is 2.95. The molecule has 17 heavy (non-hydrogen) atoms. The molecule has 1 atom stereocenters. The van der Waals surface area contributed by atoms with Crippen LogP contribution in [0.1, 0.15) is 23.0 Å². The highest BCUT2D eigenvalue weighted by Crippen LogP contribution is 2.33. The van der Waals surface area contributed by atoms with Crippen molar-refractivity contribution in [1.29, 1.82) is 0 Å². The first-order valence-corrected chi connectivity index (χ1v) is 6.33. The molecule has 1 aromatic carbocycles. The lowest BCUT2D eigenvalue weighted by Crippen LogP contribution is -2.03. The zero-order valence-corrected chi connectivity index (χ0v) is 10.1. The van der Waals surface area contributed by atoms with Crippen molar-refractivity contribution in [1.82, 2.24) is 15.0 Å². The minimum atomic E-state index is -0.0477. The van der Waals surface area contributed by atoms with Gasteiger partial charge < -0.3 is 0 Å². The summed E-state index contributed by atoms with van der Waals surface area (Å²) in [6, 6.07) is 9.21. The van der Waals surface area contributed by atoms with Gasteiger partial charge in [-0.15, -0.1) is 5.10 Å². The van der Waals surface area contributed by atoms with E-state index in [2.05, 4.69) is 17.2 Å². The fourth-order valence-electron chi connectivity index (χ4n) is 1.88. The van der Waals surface area contributed by atoms with Crippen LogP contribution in [0, 0.1) is 0 Å². The molecule has 86 valence electrons. The zero-order valence-electron chi connectivity index (χ0n) is 9.33. The van der Waals surface area contributed by atoms with Gasteiger partial charge in [-0.05, 0) is 0 Å². The van der Waals surface area contributed by atoms with Gasteiger partial charge in [0.05, 0.1) is 6.54 Å². The van der Waals surface area contributed by atoms with Crippen molar-refractivity contribution in [2.75, 3.05) is 0 Å². The Morgan fingerprint density at radius 1 is 1.41 bits per heavy atom. The molecular weight excluding hydrogens is 234 g/mol. The Kier molecular flexibility index (Phi) is 2.48. The largest absolute Gasteiger partial charge is 0.287 e. The molecule has 0 bridgehead atoms. The highest BCUT2D eigenvalue weighted by Gasteiger charge is 2.28. The number of thioether (sulfide) groups is 1. The molecule has 0 N–H and O–H groups in total. The summed E-state index contributed by atoms with van der Waals surface area (Å²) in [5, 5.41) is 9.37. The Morgan fingerprint density at radius 2 is 2.18 bits per heavy atom. The normalized spacial score (nSPS) is 18.1. The first-order chi connectivity index (χ1) is 8.25. The molecule has 0 spiro atoms. The number of nitrogens with zero attached hydrogens (tertiary/aromatic N) is 3. The standard InChI is InChI=1S/C12H11N3OS/c1-8-7-15-12(17-8)10(13-14-15)11(16)9-5-3-2-4-6-9/h2-6,8H,7H2,1H3. The van der Waals surface area contributed by atoms with Gasteiger partial charge in [0.1, 0.15) is 5.03 Å². The molecule has 0 saturated carbocycles. The Hall–Kier alpha value is -1.62. The van der Waals surface area contributed by atoms with Crippen molar-refractivity contribution in [3.63, 3.8) is 0 Å². The molecule has 0 fully saturated rings. The van der Waals surface area contributed by atoms with Crippen LogP contribution in [0.2, 0.25) is 0 Å². The number of fused-ring (bicyclic) bond motifs is 1. The molecule has 0 amide bonds. The van der Waals surface area contributed by atoms with E-state index in [0.717, 1.165) is 11.6 Å². The lowest BCUT2D eigenvalue weighted by molar-refractivity contribution is 0.103. The van der Waals surface area contributed by atoms with Crippen molar-refractivity contribution in [3.8, 4) is 0 Å². The lowest BCUT2D eigenvalue weighted by Gasteiger charge is -1.99. The van der Waals surface area contributed by atoms with E-state index in [4.69, 9.17) is 0 Å². The van der Waals surface area contributed by atoms with Crippen LogP contribution < -0.4 is 0 Å². The molecule has 0 radical (unpaired) electrons. The molecule has 0 aliphatic carbocycles. The SMILES string of the molecule is CC1Cn2nnc(C(=O)c3ccccc3)c2S1. The predicted molar refractivity (Wildman–Crippen MR) is 65.2 cm³/mol. The van der Waals surface area contributed by atoms with Crippen molar-refractivity contribution >= 4 is 17.5 Å². The van der Waals surface area contributed by atoms with Crippen molar-refractivity contribution in [3.05, 3.63) is 41.6 Å². The van der Waals surface area contributed by atoms with Crippen LogP contribution in [0.5, 0.6) is 0 Å². The van der Waals surface area contributed by atoms with E-state index < -0.39 is 0 Å².